The lowest BCUT2D eigenvalue weighted by Gasteiger charge is -2.16. The highest BCUT2D eigenvalue weighted by Gasteiger charge is 2.37. The molecule has 3 amide bonds. The van der Waals surface area contributed by atoms with Crippen molar-refractivity contribution in [1.82, 2.24) is 4.90 Å². The number of thioether (sulfide) groups is 1. The van der Waals surface area contributed by atoms with Crippen LogP contribution in [-0.4, -0.2) is 35.6 Å². The summed E-state index contributed by atoms with van der Waals surface area (Å²) in [6, 6.07) is 12.3. The van der Waals surface area contributed by atoms with Gasteiger partial charge in [-0.05, 0) is 65.9 Å². The molecule has 4 rings (SSSR count). The highest BCUT2D eigenvalue weighted by Crippen LogP contribution is 2.36. The number of ether oxygens (including phenoxy) is 2. The number of hydrogen-bond acceptors (Lipinski definition) is 6. The van der Waals surface area contributed by atoms with Crippen molar-refractivity contribution in [2.75, 3.05) is 19.0 Å². The summed E-state index contributed by atoms with van der Waals surface area (Å²) >= 11 is 19.0. The number of benzene rings is 3. The second-order valence-electron chi connectivity index (χ2n) is 8.44. The number of nitrogens with zero attached hydrogens (tertiary/aromatic N) is 1. The molecule has 1 saturated heterocycles. The zero-order chi connectivity index (χ0) is 29.9. The predicted molar refractivity (Wildman–Crippen MR) is 152 cm³/mol. The predicted octanol–water partition coefficient (Wildman–Crippen LogP) is 7.93. The van der Waals surface area contributed by atoms with Gasteiger partial charge in [0.15, 0.2) is 0 Å². The first-order valence-corrected chi connectivity index (χ1v) is 13.5. The minimum Gasteiger partial charge on any atom is -0.495 e. The third-order valence-corrected chi connectivity index (χ3v) is 7.42. The number of rotatable bonds is 8. The van der Waals surface area contributed by atoms with Gasteiger partial charge < -0.3 is 14.8 Å². The molecule has 0 aromatic heterocycles. The van der Waals surface area contributed by atoms with E-state index < -0.39 is 35.3 Å². The number of imide groups is 1. The third-order valence-electron chi connectivity index (χ3n) is 5.63. The molecule has 7 nitrogen and oxygen atoms in total. The van der Waals surface area contributed by atoms with Crippen LogP contribution < -0.4 is 14.8 Å². The molecule has 0 radical (unpaired) electrons. The number of nitrogens with one attached hydrogen (secondary N) is 1. The van der Waals surface area contributed by atoms with Gasteiger partial charge in [-0.25, -0.2) is 0 Å². The maximum atomic E-state index is 13.1. The average molecular weight is 646 g/mol. The van der Waals surface area contributed by atoms with E-state index in [1.165, 1.54) is 19.3 Å². The smallest absolute Gasteiger partial charge is 0.416 e. The molecule has 0 aliphatic carbocycles. The molecule has 1 N–H and O–H groups in total. The number of methoxy groups -OCH3 is 1. The van der Waals surface area contributed by atoms with Crippen LogP contribution in [0, 0.1) is 0 Å². The van der Waals surface area contributed by atoms with Crippen molar-refractivity contribution in [2.24, 2.45) is 0 Å². The molecule has 41 heavy (non-hydrogen) atoms. The van der Waals surface area contributed by atoms with Gasteiger partial charge >= 0.3 is 6.18 Å². The molecule has 3 aromatic rings. The Kier molecular flexibility index (Phi) is 9.43. The van der Waals surface area contributed by atoms with Gasteiger partial charge in [0.2, 0.25) is 5.91 Å². The molecule has 1 aliphatic rings. The first kappa shape index (κ1) is 30.6. The van der Waals surface area contributed by atoms with Crippen LogP contribution in [0.15, 0.2) is 59.5 Å². The molecule has 1 heterocycles. The van der Waals surface area contributed by atoms with Crippen molar-refractivity contribution in [2.45, 2.75) is 12.8 Å². The van der Waals surface area contributed by atoms with Crippen LogP contribution >= 0.6 is 46.6 Å². The minimum absolute atomic E-state index is 0.0251. The summed E-state index contributed by atoms with van der Waals surface area (Å²) in [6.07, 6.45) is -3.23. The van der Waals surface area contributed by atoms with Crippen molar-refractivity contribution in [3.05, 3.63) is 91.3 Å². The number of hydrogen-bond donors (Lipinski definition) is 1. The van der Waals surface area contributed by atoms with E-state index in [0.29, 0.717) is 49.6 Å². The Morgan fingerprint density at radius 1 is 1.00 bits per heavy atom. The molecule has 3 aromatic carbocycles. The first-order valence-electron chi connectivity index (χ1n) is 11.5. The zero-order valence-electron chi connectivity index (χ0n) is 20.9. The van der Waals surface area contributed by atoms with Gasteiger partial charge in [0.1, 0.15) is 24.7 Å². The quantitative estimate of drug-likeness (QED) is 0.251. The minimum atomic E-state index is -4.65. The normalized spacial score (nSPS) is 14.5. The molecule has 1 aliphatic heterocycles. The van der Waals surface area contributed by atoms with Gasteiger partial charge in [0, 0.05) is 15.6 Å². The van der Waals surface area contributed by atoms with Gasteiger partial charge in [-0.15, -0.1) is 0 Å². The number of anilines is 1. The molecule has 1 fully saturated rings. The van der Waals surface area contributed by atoms with Crippen LogP contribution in [0.5, 0.6) is 11.5 Å². The second kappa shape index (κ2) is 12.6. The summed E-state index contributed by atoms with van der Waals surface area (Å²) in [5.41, 5.74) is -0.0902. The topological polar surface area (TPSA) is 84.9 Å². The van der Waals surface area contributed by atoms with Gasteiger partial charge in [0.25, 0.3) is 11.1 Å². The lowest BCUT2D eigenvalue weighted by atomic mass is 10.1. The van der Waals surface area contributed by atoms with Crippen LogP contribution in [0.2, 0.25) is 15.1 Å². The van der Waals surface area contributed by atoms with E-state index in [2.05, 4.69) is 5.32 Å². The fraction of sp³-hybridized carbons (Fsp3) is 0.148. The van der Waals surface area contributed by atoms with Crippen molar-refractivity contribution in [3.8, 4) is 11.5 Å². The SMILES string of the molecule is COc1ccc(C(F)(F)F)cc1NC(=O)CN1C(=O)S/C(=C\c2ccc(OCc3ccc(Cl)cc3Cl)c(Cl)c2)C1=O. The Labute approximate surface area is 251 Å². The fourth-order valence-electron chi connectivity index (χ4n) is 3.62. The Morgan fingerprint density at radius 3 is 2.39 bits per heavy atom. The summed E-state index contributed by atoms with van der Waals surface area (Å²) in [7, 11) is 1.22. The Bertz CT molecular complexity index is 1570. The van der Waals surface area contributed by atoms with E-state index in [-0.39, 0.29) is 28.0 Å². The van der Waals surface area contributed by atoms with E-state index in [9.17, 15) is 27.6 Å². The highest BCUT2D eigenvalue weighted by atomic mass is 35.5. The summed E-state index contributed by atoms with van der Waals surface area (Å²) in [5, 5.41) is 2.70. The van der Waals surface area contributed by atoms with Crippen molar-refractivity contribution >= 4 is 75.4 Å². The summed E-state index contributed by atoms with van der Waals surface area (Å²) in [5.74, 6) is -1.32. The lowest BCUT2D eigenvalue weighted by Crippen LogP contribution is -2.36. The Morgan fingerprint density at radius 2 is 1.73 bits per heavy atom. The second-order valence-corrected chi connectivity index (χ2v) is 10.7. The van der Waals surface area contributed by atoms with Crippen LogP contribution in [-0.2, 0) is 22.4 Å². The maximum Gasteiger partial charge on any atom is 0.416 e. The Hall–Kier alpha value is -3.38. The largest absolute Gasteiger partial charge is 0.495 e. The van der Waals surface area contributed by atoms with Crippen LogP contribution in [0.25, 0.3) is 6.08 Å². The molecule has 214 valence electrons. The van der Waals surface area contributed by atoms with E-state index in [1.807, 2.05) is 0 Å². The average Bonchev–Trinajstić information content (AvgIpc) is 3.15. The molecule has 0 saturated carbocycles. The Balaban J connectivity index is 1.42. The molecule has 14 heteroatoms. The summed E-state index contributed by atoms with van der Waals surface area (Å²) < 4.78 is 50.0. The van der Waals surface area contributed by atoms with Crippen LogP contribution in [0.1, 0.15) is 16.7 Å². The molecule has 0 atom stereocenters. The van der Waals surface area contributed by atoms with E-state index >= 15 is 0 Å². The molecule has 0 bridgehead atoms. The summed E-state index contributed by atoms with van der Waals surface area (Å²) in [6.45, 7) is -0.593. The lowest BCUT2D eigenvalue weighted by molar-refractivity contribution is -0.137. The van der Waals surface area contributed by atoms with Crippen molar-refractivity contribution in [3.63, 3.8) is 0 Å². The number of carbonyl (C=O) groups excluding carboxylic acids is 3. The highest BCUT2D eigenvalue weighted by molar-refractivity contribution is 8.18. The van der Waals surface area contributed by atoms with Gasteiger partial charge in [-0.3, -0.25) is 19.3 Å². The fourth-order valence-corrected chi connectivity index (χ4v) is 5.17. The molecular weight excluding hydrogens is 628 g/mol. The maximum absolute atomic E-state index is 13.1. The number of halogens is 6. The van der Waals surface area contributed by atoms with E-state index in [0.717, 1.165) is 12.1 Å². The van der Waals surface area contributed by atoms with Gasteiger partial charge in [-0.1, -0.05) is 46.9 Å². The molecule has 0 unspecified atom stereocenters. The van der Waals surface area contributed by atoms with Crippen LogP contribution in [0.3, 0.4) is 0 Å². The third kappa shape index (κ3) is 7.48. The van der Waals surface area contributed by atoms with Crippen molar-refractivity contribution in [1.29, 1.82) is 0 Å². The molecule has 0 spiro atoms. The van der Waals surface area contributed by atoms with Gasteiger partial charge in [0.05, 0.1) is 28.3 Å². The van der Waals surface area contributed by atoms with Crippen LogP contribution in [0.4, 0.5) is 23.7 Å². The number of alkyl halides is 3. The first-order chi connectivity index (χ1) is 19.3. The zero-order valence-corrected chi connectivity index (χ0v) is 23.9. The molecular formula is C27H18Cl3F3N2O5S. The van der Waals surface area contributed by atoms with Gasteiger partial charge in [-0.2, -0.15) is 13.2 Å². The monoisotopic (exact) mass is 644 g/mol. The van der Waals surface area contributed by atoms with Crippen molar-refractivity contribution < 1.29 is 37.0 Å². The standard InChI is InChI=1S/C27H18Cl3F3N2O5S/c1-39-22-7-4-16(27(31,32)33)10-20(22)34-24(36)12-35-25(37)23(41-26(35)38)9-14-2-6-21(19(30)8-14)40-13-15-3-5-17(28)11-18(15)29/h2-11H,12-13H2,1H3,(H,34,36)/b23-9-. The number of amides is 3. The van der Waals surface area contributed by atoms with E-state index in [4.69, 9.17) is 44.3 Å². The summed E-state index contributed by atoms with van der Waals surface area (Å²) in [4.78, 5) is 38.6. The number of carbonyl (C=O) groups is 3. The van der Waals surface area contributed by atoms with E-state index in [1.54, 1.807) is 30.3 Å².